The van der Waals surface area contributed by atoms with Gasteiger partial charge in [-0.1, -0.05) is 163 Å². The van der Waals surface area contributed by atoms with Crippen molar-refractivity contribution >= 4 is 5.69 Å². The predicted molar refractivity (Wildman–Crippen MR) is 278 cm³/mol. The summed E-state index contributed by atoms with van der Waals surface area (Å²) in [5.41, 5.74) is 18.1. The Kier molecular flexibility index (Phi) is 13.3. The standard InChI is InChI=1S/C64H44N5.Ir/c1-44-18-33-63(69-43-44)53-31-32-59(60(40-53)50-26-23-48(24-27-50)47-12-4-3-5-13-47)58-15-7-6-14-57(58)55-37-45(19-21-49-25-29-52(39-56(49)42-65)61-16-8-10-34-67-61)36-46(38-55)20-22-51-28-30-54(41-64(51)66-2)62-17-9-11-35-68-62;/h3-18,23-28,32-41,43H,19-22H2,1H3;/q-3;+3/i1D3;. The van der Waals surface area contributed by atoms with Gasteiger partial charge in [-0.25, -0.2) is 0 Å². The second-order valence-electron chi connectivity index (χ2n) is 16.8. The average Bonchev–Trinajstić information content (AvgIpc) is 3.44. The Bertz CT molecular complexity index is 3500. The summed E-state index contributed by atoms with van der Waals surface area (Å²) < 4.78 is 23.7. The first-order valence-corrected chi connectivity index (χ1v) is 22.8. The van der Waals surface area contributed by atoms with Gasteiger partial charge in [0.2, 0.25) is 0 Å². The molecule has 0 radical (unpaired) electrons. The normalized spacial score (nSPS) is 11.5. The molecule has 6 heteroatoms. The molecule has 10 aromatic rings. The quantitative estimate of drug-likeness (QED) is 0.108. The van der Waals surface area contributed by atoms with Crippen molar-refractivity contribution in [3.05, 3.63) is 264 Å². The zero-order valence-corrected chi connectivity index (χ0v) is 40.3. The van der Waals surface area contributed by atoms with E-state index in [1.165, 1.54) is 6.20 Å². The Morgan fingerprint density at radius 1 is 0.514 bits per heavy atom. The molecule has 0 N–H and O–H groups in total. The van der Waals surface area contributed by atoms with Gasteiger partial charge >= 0.3 is 20.1 Å². The molecule has 0 aliphatic carbocycles. The molecule has 10 rings (SSSR count). The van der Waals surface area contributed by atoms with Crippen LogP contribution in [0.1, 0.15) is 37.5 Å². The van der Waals surface area contributed by atoms with Crippen molar-refractivity contribution in [2.45, 2.75) is 32.5 Å². The summed E-state index contributed by atoms with van der Waals surface area (Å²) in [7, 11) is 0. The fourth-order valence-electron chi connectivity index (χ4n) is 8.85. The molecule has 0 spiro atoms. The first-order chi connectivity index (χ1) is 35.2. The van der Waals surface area contributed by atoms with Crippen LogP contribution in [0.4, 0.5) is 5.69 Å². The molecule has 7 aromatic carbocycles. The predicted octanol–water partition coefficient (Wildman–Crippen LogP) is 15.2. The largest absolute Gasteiger partial charge is 3.00 e. The first-order valence-electron chi connectivity index (χ1n) is 24.3. The maximum atomic E-state index is 10.3. The average molecular weight is 1080 g/mol. The maximum Gasteiger partial charge on any atom is 3.00 e. The van der Waals surface area contributed by atoms with Crippen molar-refractivity contribution < 1.29 is 24.2 Å². The zero-order chi connectivity index (χ0) is 49.4. The van der Waals surface area contributed by atoms with Crippen LogP contribution in [0, 0.1) is 43.0 Å². The van der Waals surface area contributed by atoms with Crippen LogP contribution in [0.3, 0.4) is 0 Å². The number of hydrogen-bond acceptors (Lipinski definition) is 4. The molecule has 0 saturated heterocycles. The van der Waals surface area contributed by atoms with Gasteiger partial charge in [0.15, 0.2) is 0 Å². The third-order valence-corrected chi connectivity index (χ3v) is 12.4. The van der Waals surface area contributed by atoms with Crippen LogP contribution in [0.15, 0.2) is 201 Å². The van der Waals surface area contributed by atoms with Gasteiger partial charge in [-0.05, 0) is 99.0 Å². The van der Waals surface area contributed by atoms with Crippen LogP contribution in [-0.2, 0) is 45.8 Å². The minimum Gasteiger partial charge on any atom is -0.305 e. The summed E-state index contributed by atoms with van der Waals surface area (Å²) >= 11 is 0. The smallest absolute Gasteiger partial charge is 0.305 e. The summed E-state index contributed by atoms with van der Waals surface area (Å²) in [6.07, 6.45) is 7.51. The van der Waals surface area contributed by atoms with E-state index in [9.17, 15) is 5.26 Å². The molecule has 5 nitrogen and oxygen atoms in total. The van der Waals surface area contributed by atoms with Gasteiger partial charge in [0, 0.05) is 22.7 Å². The number of nitriles is 1. The summed E-state index contributed by atoms with van der Waals surface area (Å²) in [6.45, 7) is 5.84. The Labute approximate surface area is 428 Å². The van der Waals surface area contributed by atoms with E-state index in [0.717, 1.165) is 94.8 Å². The Hall–Kier alpha value is -8.38. The number of benzene rings is 7. The summed E-state index contributed by atoms with van der Waals surface area (Å²) in [4.78, 5) is 17.5. The van der Waals surface area contributed by atoms with Crippen LogP contribution >= 0.6 is 0 Å². The number of nitrogens with zero attached hydrogens (tertiary/aromatic N) is 5. The van der Waals surface area contributed by atoms with Crippen molar-refractivity contribution in [1.82, 2.24) is 15.0 Å². The molecule has 0 amide bonds. The number of pyridine rings is 3. The molecule has 0 saturated carbocycles. The topological polar surface area (TPSA) is 66.8 Å². The molecule has 3 heterocycles. The molecule has 334 valence electrons. The number of hydrogen-bond donors (Lipinski definition) is 0. The van der Waals surface area contributed by atoms with E-state index in [-0.39, 0.29) is 25.7 Å². The van der Waals surface area contributed by atoms with E-state index in [0.29, 0.717) is 42.6 Å². The summed E-state index contributed by atoms with van der Waals surface area (Å²) in [5, 5.41) is 10.3. The van der Waals surface area contributed by atoms with Gasteiger partial charge in [0.1, 0.15) is 5.69 Å². The van der Waals surface area contributed by atoms with Gasteiger partial charge < -0.3 is 15.0 Å². The maximum absolute atomic E-state index is 10.3. The van der Waals surface area contributed by atoms with Crippen LogP contribution in [0.25, 0.3) is 83.1 Å². The molecule has 0 aliphatic heterocycles. The molecule has 0 bridgehead atoms. The molecule has 3 aromatic heterocycles. The van der Waals surface area contributed by atoms with Crippen LogP contribution < -0.4 is 0 Å². The molecular formula is C64H44IrN5. The zero-order valence-electron chi connectivity index (χ0n) is 41.0. The van der Waals surface area contributed by atoms with E-state index in [4.69, 9.17) is 10.7 Å². The number of aryl methyl sites for hydroxylation is 5. The minimum absolute atomic E-state index is 0. The number of aromatic nitrogens is 3. The SMILES string of the molecule is [2H]C([2H])([2H])c1ccc(-c2[c-]cc(-c3ccccc3-c3cc(CCc4c[c-]c(-c5ccccn5)cc4C#N)cc(CCc4c[c-]c(-c5ccccn5)cc4[N+]#[C-])c3)c(-c3ccc(-c4ccccc4)cc3)c2)nc1.[Ir+3]. The molecule has 0 aliphatic rings. The molecule has 0 fully saturated rings. The fraction of sp³-hybridized carbons (Fsp3) is 0.0781. The van der Waals surface area contributed by atoms with Gasteiger partial charge in [-0.2, -0.15) is 11.3 Å². The molecular weight excluding hydrogens is 1030 g/mol. The Morgan fingerprint density at radius 3 is 1.74 bits per heavy atom. The van der Waals surface area contributed by atoms with Gasteiger partial charge in [0.25, 0.3) is 0 Å². The van der Waals surface area contributed by atoms with E-state index in [1.54, 1.807) is 24.5 Å². The van der Waals surface area contributed by atoms with Gasteiger partial charge in [0.05, 0.1) is 12.6 Å². The van der Waals surface area contributed by atoms with Crippen molar-refractivity contribution in [3.8, 4) is 84.3 Å². The van der Waals surface area contributed by atoms with E-state index >= 15 is 0 Å². The number of rotatable bonds is 13. The second kappa shape index (κ2) is 21.7. The minimum atomic E-state index is -2.26. The first kappa shape index (κ1) is 42.9. The summed E-state index contributed by atoms with van der Waals surface area (Å²) in [6, 6.07) is 73.3. The van der Waals surface area contributed by atoms with E-state index in [2.05, 4.69) is 129 Å². The molecule has 0 unspecified atom stereocenters. The van der Waals surface area contributed by atoms with Crippen LogP contribution in [0.2, 0.25) is 0 Å². The van der Waals surface area contributed by atoms with E-state index < -0.39 is 6.85 Å². The van der Waals surface area contributed by atoms with Crippen LogP contribution in [0.5, 0.6) is 0 Å². The third kappa shape index (κ3) is 10.5. The second-order valence-corrected chi connectivity index (χ2v) is 16.8. The third-order valence-electron chi connectivity index (χ3n) is 12.4. The molecule has 0 atom stereocenters. The summed E-state index contributed by atoms with van der Waals surface area (Å²) in [5.74, 6) is 0. The van der Waals surface area contributed by atoms with Crippen molar-refractivity contribution in [2.75, 3.05) is 0 Å². The Morgan fingerprint density at radius 2 is 1.10 bits per heavy atom. The van der Waals surface area contributed by atoms with Gasteiger partial charge in [-0.15, -0.1) is 76.3 Å². The van der Waals surface area contributed by atoms with Gasteiger partial charge in [-0.3, -0.25) is 4.85 Å². The van der Waals surface area contributed by atoms with Crippen molar-refractivity contribution in [1.29, 1.82) is 5.26 Å². The van der Waals surface area contributed by atoms with E-state index in [1.807, 2.05) is 84.9 Å². The fourth-order valence-corrected chi connectivity index (χ4v) is 8.85. The van der Waals surface area contributed by atoms with Crippen LogP contribution in [-0.4, -0.2) is 15.0 Å². The molecule has 70 heavy (non-hydrogen) atoms. The Balaban J connectivity index is 0.00000656. The monoisotopic (exact) mass is 1080 g/mol. The van der Waals surface area contributed by atoms with Crippen molar-refractivity contribution in [3.63, 3.8) is 0 Å². The van der Waals surface area contributed by atoms with Crippen molar-refractivity contribution in [2.24, 2.45) is 0 Å².